The molecule has 1 aromatic carbocycles. The van der Waals surface area contributed by atoms with Gasteiger partial charge >= 0.3 is 0 Å². The Kier molecular flexibility index (Phi) is 3.77. The highest BCUT2D eigenvalue weighted by atomic mass is 32.2. The monoisotopic (exact) mass is 250 g/mol. The Bertz CT molecular complexity index is 463. The quantitative estimate of drug-likeness (QED) is 0.823. The van der Waals surface area contributed by atoms with Crippen molar-refractivity contribution in [3.05, 3.63) is 29.3 Å². The van der Waals surface area contributed by atoms with E-state index in [2.05, 4.69) is 6.07 Å². The van der Waals surface area contributed by atoms with Crippen LogP contribution in [-0.4, -0.2) is 15.7 Å². The van der Waals surface area contributed by atoms with Crippen molar-refractivity contribution in [3.8, 4) is 0 Å². The van der Waals surface area contributed by atoms with Crippen LogP contribution in [0.15, 0.2) is 23.1 Å². The van der Waals surface area contributed by atoms with Crippen molar-refractivity contribution in [2.45, 2.75) is 38.0 Å². The number of fused-ring (bicyclic) bond motifs is 1. The zero-order chi connectivity index (χ0) is 12.4. The Labute approximate surface area is 105 Å². The Morgan fingerprint density at radius 3 is 2.71 bits per heavy atom. The number of ketones is 1. The van der Waals surface area contributed by atoms with Crippen LogP contribution < -0.4 is 0 Å². The van der Waals surface area contributed by atoms with E-state index in [4.69, 9.17) is 0 Å². The van der Waals surface area contributed by atoms with Crippen LogP contribution in [0.4, 0.5) is 0 Å². The lowest BCUT2D eigenvalue weighted by Crippen LogP contribution is -2.16. The molecular formula is C14H18O2S. The van der Waals surface area contributed by atoms with Crippen molar-refractivity contribution in [1.29, 1.82) is 0 Å². The van der Waals surface area contributed by atoms with Gasteiger partial charge in [0.05, 0.1) is 16.6 Å². The minimum absolute atomic E-state index is 0.0339. The van der Waals surface area contributed by atoms with E-state index >= 15 is 0 Å². The Hall–Kier alpha value is -0.960. The minimum Gasteiger partial charge on any atom is -0.298 e. The van der Waals surface area contributed by atoms with Crippen molar-refractivity contribution in [2.24, 2.45) is 5.92 Å². The fourth-order valence-electron chi connectivity index (χ4n) is 2.07. The average Bonchev–Trinajstić information content (AvgIpc) is 2.75. The molecular weight excluding hydrogens is 232 g/mol. The molecule has 0 bridgehead atoms. The maximum atomic E-state index is 12.0. The normalized spacial score (nSPS) is 15.9. The van der Waals surface area contributed by atoms with Gasteiger partial charge in [-0.3, -0.25) is 9.00 Å². The molecule has 0 fully saturated rings. The van der Waals surface area contributed by atoms with Gasteiger partial charge in [-0.15, -0.1) is 0 Å². The molecule has 1 aliphatic carbocycles. The number of benzene rings is 1. The number of carbonyl (C=O) groups is 1. The molecule has 1 unspecified atom stereocenters. The summed E-state index contributed by atoms with van der Waals surface area (Å²) >= 11 is 0. The fourth-order valence-corrected chi connectivity index (χ4v) is 3.32. The lowest BCUT2D eigenvalue weighted by atomic mass is 10.1. The van der Waals surface area contributed by atoms with Gasteiger partial charge in [0.1, 0.15) is 5.78 Å². The first-order chi connectivity index (χ1) is 8.08. The van der Waals surface area contributed by atoms with E-state index < -0.39 is 10.8 Å². The summed E-state index contributed by atoms with van der Waals surface area (Å²) < 4.78 is 12.0. The summed E-state index contributed by atoms with van der Waals surface area (Å²) in [6.45, 7) is 3.70. The van der Waals surface area contributed by atoms with E-state index in [0.717, 1.165) is 17.7 Å². The molecule has 1 aromatic rings. The highest BCUT2D eigenvalue weighted by Gasteiger charge is 2.16. The van der Waals surface area contributed by atoms with Crippen LogP contribution in [0.5, 0.6) is 0 Å². The molecule has 0 saturated heterocycles. The Morgan fingerprint density at radius 2 is 2.00 bits per heavy atom. The van der Waals surface area contributed by atoms with Crippen molar-refractivity contribution in [1.82, 2.24) is 0 Å². The molecule has 0 heterocycles. The molecule has 1 atom stereocenters. The van der Waals surface area contributed by atoms with E-state index in [1.54, 1.807) is 0 Å². The second-order valence-corrected chi connectivity index (χ2v) is 6.35. The minimum atomic E-state index is -1.18. The third-order valence-corrected chi connectivity index (χ3v) is 4.58. The predicted molar refractivity (Wildman–Crippen MR) is 69.6 cm³/mol. The fraction of sp³-hybridized carbons (Fsp3) is 0.500. The second-order valence-electron chi connectivity index (χ2n) is 4.89. The van der Waals surface area contributed by atoms with E-state index in [-0.39, 0.29) is 17.5 Å². The highest BCUT2D eigenvalue weighted by Crippen LogP contribution is 2.24. The molecule has 0 aliphatic heterocycles. The standard InChI is InChI=1S/C14H18O2S/c1-10(2)14(15)9-17(16)13-7-6-11-4-3-5-12(11)8-13/h6-8,10H,3-5,9H2,1-2H3. The molecule has 0 aromatic heterocycles. The maximum absolute atomic E-state index is 12.0. The lowest BCUT2D eigenvalue weighted by molar-refractivity contribution is -0.119. The van der Waals surface area contributed by atoms with Gasteiger partial charge in [-0.05, 0) is 42.5 Å². The predicted octanol–water partition coefficient (Wildman–Crippen LogP) is 2.51. The van der Waals surface area contributed by atoms with Gasteiger partial charge in [0.25, 0.3) is 0 Å². The number of Topliss-reactive ketones (excluding diaryl/α,β-unsaturated/α-hetero) is 1. The summed E-state index contributed by atoms with van der Waals surface area (Å²) in [7, 11) is -1.18. The largest absolute Gasteiger partial charge is 0.298 e. The molecule has 1 aliphatic rings. The average molecular weight is 250 g/mol. The summed E-state index contributed by atoms with van der Waals surface area (Å²) in [4.78, 5) is 12.4. The van der Waals surface area contributed by atoms with Crippen molar-refractivity contribution < 1.29 is 9.00 Å². The smallest absolute Gasteiger partial charge is 0.148 e. The van der Waals surface area contributed by atoms with Gasteiger partial charge < -0.3 is 0 Å². The molecule has 2 rings (SSSR count). The van der Waals surface area contributed by atoms with Crippen molar-refractivity contribution >= 4 is 16.6 Å². The summed E-state index contributed by atoms with van der Waals surface area (Å²) in [5, 5.41) is 0. The summed E-state index contributed by atoms with van der Waals surface area (Å²) in [5.74, 6) is 0.188. The molecule has 0 spiro atoms. The number of hydrogen-bond acceptors (Lipinski definition) is 2. The maximum Gasteiger partial charge on any atom is 0.148 e. The number of aryl methyl sites for hydroxylation is 2. The Balaban J connectivity index is 2.12. The van der Waals surface area contributed by atoms with Crippen molar-refractivity contribution in [3.63, 3.8) is 0 Å². The van der Waals surface area contributed by atoms with E-state index in [1.807, 2.05) is 26.0 Å². The van der Waals surface area contributed by atoms with E-state index in [0.29, 0.717) is 0 Å². The molecule has 92 valence electrons. The van der Waals surface area contributed by atoms with Crippen LogP contribution >= 0.6 is 0 Å². The van der Waals surface area contributed by atoms with Crippen LogP contribution in [0, 0.1) is 5.92 Å². The SMILES string of the molecule is CC(C)C(=O)CS(=O)c1ccc2c(c1)CCC2. The lowest BCUT2D eigenvalue weighted by Gasteiger charge is -2.06. The molecule has 0 saturated carbocycles. The van der Waals surface area contributed by atoms with Gasteiger partial charge in [0.2, 0.25) is 0 Å². The van der Waals surface area contributed by atoms with Gasteiger partial charge in [-0.2, -0.15) is 0 Å². The topological polar surface area (TPSA) is 34.1 Å². The van der Waals surface area contributed by atoms with Gasteiger partial charge in [-0.25, -0.2) is 0 Å². The van der Waals surface area contributed by atoms with Gasteiger partial charge in [0.15, 0.2) is 0 Å². The molecule has 0 N–H and O–H groups in total. The van der Waals surface area contributed by atoms with Crippen LogP contribution in [0.25, 0.3) is 0 Å². The van der Waals surface area contributed by atoms with Crippen LogP contribution in [-0.2, 0) is 28.4 Å². The second kappa shape index (κ2) is 5.13. The molecule has 17 heavy (non-hydrogen) atoms. The summed E-state index contributed by atoms with van der Waals surface area (Å²) in [5.41, 5.74) is 2.69. The first-order valence-corrected chi connectivity index (χ1v) is 7.42. The number of rotatable bonds is 4. The van der Waals surface area contributed by atoms with Crippen LogP contribution in [0.3, 0.4) is 0 Å². The first kappa shape index (κ1) is 12.5. The van der Waals surface area contributed by atoms with Gasteiger partial charge in [0, 0.05) is 10.8 Å². The van der Waals surface area contributed by atoms with E-state index in [9.17, 15) is 9.00 Å². The summed E-state index contributed by atoms with van der Waals surface area (Å²) in [6, 6.07) is 6.00. The molecule has 0 radical (unpaired) electrons. The third kappa shape index (κ3) is 2.83. The zero-order valence-corrected chi connectivity index (χ0v) is 11.2. The first-order valence-electron chi connectivity index (χ1n) is 6.11. The molecule has 0 amide bonds. The van der Waals surface area contributed by atoms with E-state index in [1.165, 1.54) is 17.5 Å². The third-order valence-electron chi connectivity index (χ3n) is 3.25. The number of hydrogen-bond donors (Lipinski definition) is 0. The summed E-state index contributed by atoms with van der Waals surface area (Å²) in [6.07, 6.45) is 3.40. The van der Waals surface area contributed by atoms with Crippen molar-refractivity contribution in [2.75, 3.05) is 5.75 Å². The van der Waals surface area contributed by atoms with Crippen LogP contribution in [0.2, 0.25) is 0 Å². The highest BCUT2D eigenvalue weighted by molar-refractivity contribution is 7.85. The molecule has 3 heteroatoms. The number of carbonyl (C=O) groups excluding carboxylic acids is 1. The van der Waals surface area contributed by atoms with Crippen LogP contribution in [0.1, 0.15) is 31.4 Å². The molecule has 2 nitrogen and oxygen atoms in total. The van der Waals surface area contributed by atoms with Gasteiger partial charge in [-0.1, -0.05) is 19.9 Å². The zero-order valence-electron chi connectivity index (χ0n) is 10.4. The Morgan fingerprint density at radius 1 is 1.29 bits per heavy atom.